The predicted octanol–water partition coefficient (Wildman–Crippen LogP) is 5.67. The van der Waals surface area contributed by atoms with E-state index < -0.39 is 23.4 Å². The molecule has 0 saturated carbocycles. The number of carbonyl (C=O) groups is 3. The van der Waals surface area contributed by atoms with Crippen LogP contribution >= 0.6 is 11.6 Å². The fourth-order valence-corrected chi connectivity index (χ4v) is 6.39. The van der Waals surface area contributed by atoms with E-state index in [1.807, 2.05) is 54.3 Å². The molecule has 1 fully saturated rings. The van der Waals surface area contributed by atoms with Crippen molar-refractivity contribution in [3.05, 3.63) is 106 Å². The first-order chi connectivity index (χ1) is 16.4. The summed E-state index contributed by atoms with van der Waals surface area (Å²) in [6.07, 6.45) is 3.91. The van der Waals surface area contributed by atoms with E-state index in [1.165, 1.54) is 0 Å². The van der Waals surface area contributed by atoms with Gasteiger partial charge >= 0.3 is 0 Å². The number of fused-ring (bicyclic) bond motifs is 5. The summed E-state index contributed by atoms with van der Waals surface area (Å²) >= 11 is 6.18. The molecule has 2 heterocycles. The standard InChI is InChI=1S/C29H22ClNO3/c1-16-7-8-18-11-14-24-29(27(33)21-5-3-4-6-22(21)28(29)34)25(19-9-12-20(30)13-10-19)26(17(2)32)31(24)23(18)15-16/h3-15,24-26H,1-2H3/t24?,25-,26-/m0/s1. The normalized spacial score (nSPS) is 23.7. The summed E-state index contributed by atoms with van der Waals surface area (Å²) in [6.45, 7) is 3.55. The number of nitrogens with zero attached hydrogens (tertiary/aromatic N) is 1. The Hall–Kier alpha value is -3.50. The largest absolute Gasteiger partial charge is 0.352 e. The minimum Gasteiger partial charge on any atom is -0.352 e. The molecular weight excluding hydrogens is 446 g/mol. The van der Waals surface area contributed by atoms with Crippen LogP contribution < -0.4 is 4.90 Å². The van der Waals surface area contributed by atoms with Crippen LogP contribution in [-0.2, 0) is 4.79 Å². The highest BCUT2D eigenvalue weighted by Crippen LogP contribution is 2.60. The van der Waals surface area contributed by atoms with Crippen LogP contribution in [0, 0.1) is 12.3 Å². The zero-order valence-electron chi connectivity index (χ0n) is 18.8. The van der Waals surface area contributed by atoms with Gasteiger partial charge in [0.15, 0.2) is 17.3 Å². The molecule has 3 aromatic carbocycles. The molecule has 2 aliphatic heterocycles. The number of ketones is 3. The average Bonchev–Trinajstić information content (AvgIpc) is 3.27. The third-order valence-corrected chi connectivity index (χ3v) is 7.86. The first-order valence-corrected chi connectivity index (χ1v) is 11.7. The van der Waals surface area contributed by atoms with E-state index >= 15 is 0 Å². The summed E-state index contributed by atoms with van der Waals surface area (Å²) in [5.41, 5.74) is 3.07. The van der Waals surface area contributed by atoms with Gasteiger partial charge in [0.2, 0.25) is 0 Å². The SMILES string of the molecule is CC(=O)[C@H]1[C@H](c2ccc(Cl)cc2)C2(C(=O)c3ccccc3C2=O)C2C=Cc3ccc(C)cc3N21. The molecule has 3 atom stereocenters. The maximum absolute atomic E-state index is 14.3. The molecular formula is C29H22ClNO3. The number of halogens is 1. The fourth-order valence-electron chi connectivity index (χ4n) is 6.27. The van der Waals surface area contributed by atoms with E-state index in [0.29, 0.717) is 16.1 Å². The molecule has 34 heavy (non-hydrogen) atoms. The minimum atomic E-state index is -1.44. The highest BCUT2D eigenvalue weighted by Gasteiger charge is 2.71. The van der Waals surface area contributed by atoms with E-state index in [9.17, 15) is 14.4 Å². The Labute approximate surface area is 202 Å². The van der Waals surface area contributed by atoms with Gasteiger partial charge in [-0.05, 0) is 48.7 Å². The summed E-state index contributed by atoms with van der Waals surface area (Å²) in [6, 6.07) is 19.0. The van der Waals surface area contributed by atoms with Gasteiger partial charge in [0, 0.05) is 27.8 Å². The molecule has 5 heteroatoms. The minimum absolute atomic E-state index is 0.0823. The maximum atomic E-state index is 14.3. The monoisotopic (exact) mass is 467 g/mol. The smallest absolute Gasteiger partial charge is 0.180 e. The van der Waals surface area contributed by atoms with E-state index in [-0.39, 0.29) is 17.3 Å². The van der Waals surface area contributed by atoms with Crippen molar-refractivity contribution >= 4 is 40.7 Å². The van der Waals surface area contributed by atoms with E-state index in [4.69, 9.17) is 11.6 Å². The number of hydrogen-bond acceptors (Lipinski definition) is 4. The Morgan fingerprint density at radius 3 is 2.21 bits per heavy atom. The van der Waals surface area contributed by atoms with Crippen LogP contribution in [0.25, 0.3) is 6.08 Å². The Kier molecular flexibility index (Phi) is 4.49. The molecule has 3 aromatic rings. The number of aryl methyl sites for hydroxylation is 1. The molecule has 168 valence electrons. The lowest BCUT2D eigenvalue weighted by molar-refractivity contribution is -0.118. The lowest BCUT2D eigenvalue weighted by atomic mass is 9.64. The molecule has 3 aliphatic rings. The van der Waals surface area contributed by atoms with Gasteiger partial charge in [-0.25, -0.2) is 0 Å². The van der Waals surface area contributed by atoms with Gasteiger partial charge in [-0.3, -0.25) is 14.4 Å². The quantitative estimate of drug-likeness (QED) is 0.455. The molecule has 0 aromatic heterocycles. The van der Waals surface area contributed by atoms with E-state index in [1.54, 1.807) is 43.3 Å². The summed E-state index contributed by atoms with van der Waals surface area (Å²) in [7, 11) is 0. The highest BCUT2D eigenvalue weighted by atomic mass is 35.5. The molecule has 1 unspecified atom stereocenters. The van der Waals surface area contributed by atoms with Crippen LogP contribution in [0.5, 0.6) is 0 Å². The summed E-state index contributed by atoms with van der Waals surface area (Å²) in [5.74, 6) is -1.17. The van der Waals surface area contributed by atoms with Gasteiger partial charge in [-0.1, -0.05) is 72.3 Å². The van der Waals surface area contributed by atoms with E-state index in [2.05, 4.69) is 0 Å². The van der Waals surface area contributed by atoms with Gasteiger partial charge in [0.05, 0.1) is 12.1 Å². The van der Waals surface area contributed by atoms with Crippen molar-refractivity contribution in [3.63, 3.8) is 0 Å². The third kappa shape index (κ3) is 2.57. The number of benzene rings is 3. The molecule has 0 bridgehead atoms. The lowest BCUT2D eigenvalue weighted by Gasteiger charge is -2.37. The number of rotatable bonds is 2. The Bertz CT molecular complexity index is 1390. The maximum Gasteiger partial charge on any atom is 0.180 e. The van der Waals surface area contributed by atoms with Gasteiger partial charge in [0.1, 0.15) is 5.41 Å². The molecule has 1 saturated heterocycles. The van der Waals surface area contributed by atoms with Crippen molar-refractivity contribution in [1.29, 1.82) is 0 Å². The van der Waals surface area contributed by atoms with Crippen molar-refractivity contribution in [3.8, 4) is 0 Å². The zero-order valence-corrected chi connectivity index (χ0v) is 19.5. The number of hydrogen-bond donors (Lipinski definition) is 0. The van der Waals surface area contributed by atoms with Gasteiger partial charge in [0.25, 0.3) is 0 Å². The van der Waals surface area contributed by atoms with Crippen LogP contribution in [0.4, 0.5) is 5.69 Å². The lowest BCUT2D eigenvalue weighted by Crippen LogP contribution is -2.48. The van der Waals surface area contributed by atoms with Crippen LogP contribution in [0.2, 0.25) is 5.02 Å². The van der Waals surface area contributed by atoms with Crippen molar-refractivity contribution in [1.82, 2.24) is 0 Å². The Morgan fingerprint density at radius 2 is 1.59 bits per heavy atom. The van der Waals surface area contributed by atoms with Gasteiger partial charge in [-0.15, -0.1) is 0 Å². The number of Topliss-reactive ketones (excluding diaryl/α,β-unsaturated/α-hetero) is 3. The summed E-state index contributed by atoms with van der Waals surface area (Å²) in [5, 5.41) is 0.557. The number of carbonyl (C=O) groups excluding carboxylic acids is 3. The van der Waals surface area contributed by atoms with Gasteiger partial charge in [-0.2, -0.15) is 0 Å². The second-order valence-electron chi connectivity index (χ2n) is 9.43. The average molecular weight is 468 g/mol. The van der Waals surface area contributed by atoms with Crippen molar-refractivity contribution in [2.45, 2.75) is 31.8 Å². The van der Waals surface area contributed by atoms with E-state index in [0.717, 1.165) is 22.4 Å². The molecule has 4 nitrogen and oxygen atoms in total. The summed E-state index contributed by atoms with van der Waals surface area (Å²) < 4.78 is 0. The van der Waals surface area contributed by atoms with Crippen LogP contribution in [0.1, 0.15) is 50.2 Å². The first-order valence-electron chi connectivity index (χ1n) is 11.4. The molecule has 1 aliphatic carbocycles. The topological polar surface area (TPSA) is 54.5 Å². The van der Waals surface area contributed by atoms with Crippen molar-refractivity contribution in [2.24, 2.45) is 5.41 Å². The van der Waals surface area contributed by atoms with Crippen LogP contribution in [0.3, 0.4) is 0 Å². The molecule has 0 N–H and O–H groups in total. The highest BCUT2D eigenvalue weighted by molar-refractivity contribution is 6.32. The molecule has 1 spiro atoms. The second kappa shape index (κ2) is 7.25. The third-order valence-electron chi connectivity index (χ3n) is 7.61. The molecule has 0 radical (unpaired) electrons. The van der Waals surface area contributed by atoms with Crippen LogP contribution in [-0.4, -0.2) is 29.4 Å². The predicted molar refractivity (Wildman–Crippen MR) is 133 cm³/mol. The van der Waals surface area contributed by atoms with Crippen molar-refractivity contribution in [2.75, 3.05) is 4.90 Å². The molecule has 6 rings (SSSR count). The van der Waals surface area contributed by atoms with Gasteiger partial charge < -0.3 is 4.90 Å². The Morgan fingerprint density at radius 1 is 0.941 bits per heavy atom. The van der Waals surface area contributed by atoms with Crippen molar-refractivity contribution < 1.29 is 14.4 Å². The zero-order chi connectivity index (χ0) is 23.8. The second-order valence-corrected chi connectivity index (χ2v) is 9.87. The summed E-state index contributed by atoms with van der Waals surface area (Å²) in [4.78, 5) is 43.9. The Balaban J connectivity index is 1.69. The molecule has 0 amide bonds. The number of anilines is 1. The fraction of sp³-hybridized carbons (Fsp3) is 0.207. The van der Waals surface area contributed by atoms with Crippen LogP contribution in [0.15, 0.2) is 72.8 Å². The first kappa shape index (κ1) is 21.1.